The Bertz CT molecular complexity index is 579. The number of halogens is 2. The zero-order valence-electron chi connectivity index (χ0n) is 12.9. The first-order valence-corrected chi connectivity index (χ1v) is 8.29. The molecule has 0 aromatic heterocycles. The zero-order valence-corrected chi connectivity index (χ0v) is 14.4. The number of ether oxygens (including phenoxy) is 2. The van der Waals surface area contributed by atoms with Crippen molar-refractivity contribution in [3.8, 4) is 5.75 Å². The average molecular weight is 360 g/mol. The van der Waals surface area contributed by atoms with Gasteiger partial charge in [-0.3, -0.25) is 9.59 Å². The fraction of sp³-hybridized carbons (Fsp3) is 0.500. The number of carbonyl (C=O) groups is 2. The van der Waals surface area contributed by atoms with E-state index < -0.39 is 0 Å². The topological polar surface area (TPSA) is 55.8 Å². The van der Waals surface area contributed by atoms with Crippen molar-refractivity contribution < 1.29 is 19.1 Å². The summed E-state index contributed by atoms with van der Waals surface area (Å²) in [6.07, 6.45) is 1.51. The Morgan fingerprint density at radius 3 is 2.87 bits per heavy atom. The highest BCUT2D eigenvalue weighted by Crippen LogP contribution is 2.31. The monoisotopic (exact) mass is 359 g/mol. The Morgan fingerprint density at radius 2 is 2.13 bits per heavy atom. The summed E-state index contributed by atoms with van der Waals surface area (Å²) in [5.41, 5.74) is 0. The minimum atomic E-state index is -0.262. The summed E-state index contributed by atoms with van der Waals surface area (Å²) >= 11 is 11.9. The van der Waals surface area contributed by atoms with E-state index in [0.29, 0.717) is 30.5 Å². The number of hydrogen-bond acceptors (Lipinski definition) is 4. The fourth-order valence-electron chi connectivity index (χ4n) is 2.48. The molecule has 1 aromatic rings. The number of nitrogens with zero attached hydrogens (tertiary/aromatic N) is 1. The summed E-state index contributed by atoms with van der Waals surface area (Å²) in [5.74, 6) is -0.326. The second-order valence-electron chi connectivity index (χ2n) is 5.27. The molecule has 23 heavy (non-hydrogen) atoms. The standard InChI is InChI=1S/C16H19Cl2NO4/c1-2-22-16(21)11-5-4-8-19(9-11)14(20)10-23-13-7-3-6-12(17)15(13)18/h3,6-7,11H,2,4-5,8-10H2,1H3/t11-/m0/s1. The number of carbonyl (C=O) groups excluding carboxylic acids is 2. The lowest BCUT2D eigenvalue weighted by atomic mass is 9.98. The van der Waals surface area contributed by atoms with Crippen LogP contribution in [0, 0.1) is 5.92 Å². The van der Waals surface area contributed by atoms with Gasteiger partial charge in [0.1, 0.15) is 10.8 Å². The first-order valence-electron chi connectivity index (χ1n) is 7.54. The highest BCUT2D eigenvalue weighted by atomic mass is 35.5. The van der Waals surface area contributed by atoms with Gasteiger partial charge in [-0.15, -0.1) is 0 Å². The number of hydrogen-bond donors (Lipinski definition) is 0. The van der Waals surface area contributed by atoms with Crippen LogP contribution in [0.1, 0.15) is 19.8 Å². The number of rotatable bonds is 5. The van der Waals surface area contributed by atoms with Gasteiger partial charge in [-0.1, -0.05) is 29.3 Å². The van der Waals surface area contributed by atoms with Gasteiger partial charge in [0.2, 0.25) is 0 Å². The van der Waals surface area contributed by atoms with Crippen LogP contribution in [-0.2, 0) is 14.3 Å². The maximum atomic E-state index is 12.3. The van der Waals surface area contributed by atoms with Crippen LogP contribution in [0.5, 0.6) is 5.75 Å². The molecule has 1 heterocycles. The van der Waals surface area contributed by atoms with Crippen LogP contribution in [-0.4, -0.2) is 43.1 Å². The van der Waals surface area contributed by atoms with Crippen LogP contribution >= 0.6 is 23.2 Å². The molecule has 7 heteroatoms. The van der Waals surface area contributed by atoms with Crippen LogP contribution in [0.25, 0.3) is 0 Å². The molecule has 2 rings (SSSR count). The van der Waals surface area contributed by atoms with Crippen LogP contribution in [0.4, 0.5) is 0 Å². The molecule has 126 valence electrons. The van der Waals surface area contributed by atoms with Gasteiger partial charge in [0.15, 0.2) is 6.61 Å². The van der Waals surface area contributed by atoms with E-state index in [4.69, 9.17) is 32.7 Å². The van der Waals surface area contributed by atoms with E-state index in [9.17, 15) is 9.59 Å². The van der Waals surface area contributed by atoms with Gasteiger partial charge >= 0.3 is 5.97 Å². The van der Waals surface area contributed by atoms with Gasteiger partial charge in [0.05, 0.1) is 17.5 Å². The molecule has 1 aliphatic rings. The van der Waals surface area contributed by atoms with E-state index in [-0.39, 0.29) is 29.4 Å². The number of esters is 1. The molecule has 0 unspecified atom stereocenters. The maximum absolute atomic E-state index is 12.3. The van der Waals surface area contributed by atoms with Crippen LogP contribution in [0.15, 0.2) is 18.2 Å². The molecular weight excluding hydrogens is 341 g/mol. The maximum Gasteiger partial charge on any atom is 0.310 e. The summed E-state index contributed by atoms with van der Waals surface area (Å²) in [6, 6.07) is 5.00. The predicted octanol–water partition coefficient (Wildman–Crippen LogP) is 3.17. The van der Waals surface area contributed by atoms with E-state index in [1.165, 1.54) is 0 Å². The van der Waals surface area contributed by atoms with E-state index >= 15 is 0 Å². The van der Waals surface area contributed by atoms with Gasteiger partial charge in [-0.05, 0) is 31.9 Å². The van der Waals surface area contributed by atoms with Crippen molar-refractivity contribution in [2.24, 2.45) is 5.92 Å². The Labute approximate surface area is 145 Å². The second-order valence-corrected chi connectivity index (χ2v) is 6.06. The predicted molar refractivity (Wildman–Crippen MR) is 87.9 cm³/mol. The minimum absolute atomic E-state index is 0.143. The lowest BCUT2D eigenvalue weighted by Gasteiger charge is -2.31. The number of likely N-dealkylation sites (tertiary alicyclic amines) is 1. The molecule has 1 saturated heterocycles. The van der Waals surface area contributed by atoms with Crippen molar-refractivity contribution in [2.45, 2.75) is 19.8 Å². The highest BCUT2D eigenvalue weighted by Gasteiger charge is 2.29. The Kier molecular flexibility index (Phi) is 6.54. The highest BCUT2D eigenvalue weighted by molar-refractivity contribution is 6.42. The van der Waals surface area contributed by atoms with Crippen LogP contribution in [0.2, 0.25) is 10.0 Å². The second kappa shape index (κ2) is 8.41. The third kappa shape index (κ3) is 4.75. The van der Waals surface area contributed by atoms with E-state index in [1.807, 2.05) is 0 Å². The molecule has 0 radical (unpaired) electrons. The third-order valence-corrected chi connectivity index (χ3v) is 4.46. The van der Waals surface area contributed by atoms with Crippen molar-refractivity contribution in [1.29, 1.82) is 0 Å². The summed E-state index contributed by atoms with van der Waals surface area (Å²) in [7, 11) is 0. The van der Waals surface area contributed by atoms with Gasteiger partial charge in [0, 0.05) is 13.1 Å². The molecule has 0 saturated carbocycles. The first-order chi connectivity index (χ1) is 11.0. The molecule has 0 bridgehead atoms. The van der Waals surface area contributed by atoms with Crippen molar-refractivity contribution in [3.05, 3.63) is 28.2 Å². The lowest BCUT2D eigenvalue weighted by molar-refractivity contribution is -0.151. The molecular formula is C16H19Cl2NO4. The molecule has 5 nitrogen and oxygen atoms in total. The van der Waals surface area contributed by atoms with E-state index in [1.54, 1.807) is 30.0 Å². The average Bonchev–Trinajstić information content (AvgIpc) is 2.56. The van der Waals surface area contributed by atoms with Crippen molar-refractivity contribution in [2.75, 3.05) is 26.3 Å². The van der Waals surface area contributed by atoms with Crippen LogP contribution in [0.3, 0.4) is 0 Å². The summed E-state index contributed by atoms with van der Waals surface area (Å²) < 4.78 is 10.5. The van der Waals surface area contributed by atoms with Gasteiger partial charge < -0.3 is 14.4 Å². The van der Waals surface area contributed by atoms with E-state index in [2.05, 4.69) is 0 Å². The van der Waals surface area contributed by atoms with E-state index in [0.717, 1.165) is 12.8 Å². The molecule has 1 fully saturated rings. The first kappa shape index (κ1) is 17.9. The molecule has 1 amide bonds. The van der Waals surface area contributed by atoms with Gasteiger partial charge in [-0.2, -0.15) is 0 Å². The third-order valence-electron chi connectivity index (χ3n) is 3.66. The largest absolute Gasteiger partial charge is 0.482 e. The smallest absolute Gasteiger partial charge is 0.310 e. The normalized spacial score (nSPS) is 17.7. The Morgan fingerprint density at radius 1 is 1.35 bits per heavy atom. The quantitative estimate of drug-likeness (QED) is 0.757. The molecule has 1 atom stereocenters. The fourth-order valence-corrected chi connectivity index (χ4v) is 2.83. The molecule has 0 spiro atoms. The summed E-state index contributed by atoms with van der Waals surface area (Å²) in [5, 5.41) is 0.655. The minimum Gasteiger partial charge on any atom is -0.482 e. The molecule has 0 aliphatic carbocycles. The summed E-state index contributed by atoms with van der Waals surface area (Å²) in [6.45, 7) is 2.95. The number of amides is 1. The molecule has 0 N–H and O–H groups in total. The zero-order chi connectivity index (χ0) is 16.8. The van der Waals surface area contributed by atoms with Gasteiger partial charge in [0.25, 0.3) is 5.91 Å². The lowest BCUT2D eigenvalue weighted by Crippen LogP contribution is -2.44. The van der Waals surface area contributed by atoms with Crippen molar-refractivity contribution in [1.82, 2.24) is 4.90 Å². The molecule has 1 aromatic carbocycles. The van der Waals surface area contributed by atoms with Crippen molar-refractivity contribution >= 4 is 35.1 Å². The summed E-state index contributed by atoms with van der Waals surface area (Å²) in [4.78, 5) is 25.7. The molecule has 1 aliphatic heterocycles. The number of benzene rings is 1. The van der Waals surface area contributed by atoms with Crippen LogP contribution < -0.4 is 4.74 Å². The van der Waals surface area contributed by atoms with Gasteiger partial charge in [-0.25, -0.2) is 0 Å². The van der Waals surface area contributed by atoms with Crippen molar-refractivity contribution in [3.63, 3.8) is 0 Å². The Balaban J connectivity index is 1.90. The number of piperidine rings is 1. The SMILES string of the molecule is CCOC(=O)[C@H]1CCCN(C(=O)COc2cccc(Cl)c2Cl)C1. The Hall–Kier alpha value is -1.46.